The molecular formula is C11H10BrClF3NO. The molecule has 0 radical (unpaired) electrons. The van der Waals surface area contributed by atoms with Crippen LogP contribution in [0.25, 0.3) is 0 Å². The van der Waals surface area contributed by atoms with Crippen LogP contribution in [-0.4, -0.2) is 36.2 Å². The number of benzene rings is 1. The maximum Gasteiger partial charge on any atom is 0.255 e. The first-order valence-corrected chi connectivity index (χ1v) is 6.37. The molecule has 1 rings (SSSR count). The van der Waals surface area contributed by atoms with Crippen molar-refractivity contribution in [1.29, 1.82) is 0 Å². The van der Waals surface area contributed by atoms with Gasteiger partial charge in [0, 0.05) is 18.0 Å². The van der Waals surface area contributed by atoms with Crippen LogP contribution in [-0.2, 0) is 0 Å². The second-order valence-electron chi connectivity index (χ2n) is 3.46. The highest BCUT2D eigenvalue weighted by atomic mass is 79.9. The molecule has 0 spiro atoms. The van der Waals surface area contributed by atoms with E-state index in [9.17, 15) is 18.0 Å². The van der Waals surface area contributed by atoms with E-state index in [2.05, 4.69) is 15.9 Å². The molecule has 0 aliphatic carbocycles. The summed E-state index contributed by atoms with van der Waals surface area (Å²) in [6, 6.07) is 3.60. The SMILES string of the molecule is O=C(c1ccc(F)c(Br)c1)N(CCCl)CC(F)F. The highest BCUT2D eigenvalue weighted by Crippen LogP contribution is 2.18. The molecule has 2 nitrogen and oxygen atoms in total. The largest absolute Gasteiger partial charge is 0.332 e. The van der Waals surface area contributed by atoms with Crippen molar-refractivity contribution in [2.24, 2.45) is 0 Å². The highest BCUT2D eigenvalue weighted by molar-refractivity contribution is 9.10. The van der Waals surface area contributed by atoms with Crippen molar-refractivity contribution in [2.45, 2.75) is 6.43 Å². The highest BCUT2D eigenvalue weighted by Gasteiger charge is 2.19. The van der Waals surface area contributed by atoms with Gasteiger partial charge in [0.15, 0.2) is 0 Å². The Hall–Kier alpha value is -0.750. The molecular weight excluding hydrogens is 334 g/mol. The summed E-state index contributed by atoms with van der Waals surface area (Å²) in [5, 5.41) is 0. The number of amides is 1. The fourth-order valence-electron chi connectivity index (χ4n) is 1.36. The van der Waals surface area contributed by atoms with Gasteiger partial charge in [-0.25, -0.2) is 13.2 Å². The molecule has 1 aromatic carbocycles. The van der Waals surface area contributed by atoms with E-state index in [1.165, 1.54) is 12.1 Å². The van der Waals surface area contributed by atoms with E-state index in [-0.39, 0.29) is 22.5 Å². The van der Waals surface area contributed by atoms with Gasteiger partial charge in [0.25, 0.3) is 12.3 Å². The maximum absolute atomic E-state index is 13.0. The van der Waals surface area contributed by atoms with Crippen LogP contribution in [0.4, 0.5) is 13.2 Å². The van der Waals surface area contributed by atoms with Crippen molar-refractivity contribution in [3.05, 3.63) is 34.1 Å². The van der Waals surface area contributed by atoms with Crippen molar-refractivity contribution in [2.75, 3.05) is 19.0 Å². The summed E-state index contributed by atoms with van der Waals surface area (Å²) in [6.45, 7) is -0.680. The minimum absolute atomic E-state index is 0.0136. The number of halogens is 5. The summed E-state index contributed by atoms with van der Waals surface area (Å²) < 4.78 is 37.8. The lowest BCUT2D eigenvalue weighted by Gasteiger charge is -2.21. The lowest BCUT2D eigenvalue weighted by atomic mass is 10.2. The number of nitrogens with zero attached hydrogens (tertiary/aromatic N) is 1. The fraction of sp³-hybridized carbons (Fsp3) is 0.364. The molecule has 100 valence electrons. The van der Waals surface area contributed by atoms with Crippen molar-refractivity contribution in [1.82, 2.24) is 4.90 Å². The number of carbonyl (C=O) groups excluding carboxylic acids is 1. The number of alkyl halides is 3. The van der Waals surface area contributed by atoms with Crippen molar-refractivity contribution >= 4 is 33.4 Å². The van der Waals surface area contributed by atoms with E-state index in [0.717, 1.165) is 11.0 Å². The van der Waals surface area contributed by atoms with Gasteiger partial charge in [-0.1, -0.05) is 0 Å². The molecule has 0 atom stereocenters. The summed E-state index contributed by atoms with van der Waals surface area (Å²) in [6.07, 6.45) is -2.64. The average Bonchev–Trinajstić information content (AvgIpc) is 2.31. The van der Waals surface area contributed by atoms with Gasteiger partial charge in [0.1, 0.15) is 5.82 Å². The topological polar surface area (TPSA) is 20.3 Å². The van der Waals surface area contributed by atoms with Gasteiger partial charge in [-0.2, -0.15) is 0 Å². The third-order valence-corrected chi connectivity index (χ3v) is 2.94. The van der Waals surface area contributed by atoms with Gasteiger partial charge in [0.05, 0.1) is 11.0 Å². The molecule has 0 aliphatic heterocycles. The molecule has 1 amide bonds. The normalized spacial score (nSPS) is 10.8. The van der Waals surface area contributed by atoms with Gasteiger partial charge in [0.2, 0.25) is 0 Å². The monoisotopic (exact) mass is 343 g/mol. The number of rotatable bonds is 5. The summed E-state index contributed by atoms with van der Waals surface area (Å²) in [5.74, 6) is -1.07. The Bertz CT molecular complexity index is 431. The van der Waals surface area contributed by atoms with E-state index >= 15 is 0 Å². The molecule has 7 heteroatoms. The molecule has 0 unspecified atom stereocenters. The standard InChI is InChI=1S/C11H10BrClF3NO/c12-8-5-7(1-2-9(8)14)11(18)17(4-3-13)6-10(15)16/h1-2,5,10H,3-4,6H2. The van der Waals surface area contributed by atoms with Crippen LogP contribution < -0.4 is 0 Å². The smallest absolute Gasteiger partial charge is 0.255 e. The Morgan fingerprint density at radius 3 is 2.61 bits per heavy atom. The molecule has 0 fully saturated rings. The Balaban J connectivity index is 2.90. The van der Waals surface area contributed by atoms with Crippen LogP contribution >= 0.6 is 27.5 Å². The first-order chi connectivity index (χ1) is 8.45. The number of carbonyl (C=O) groups is 1. The molecule has 18 heavy (non-hydrogen) atoms. The van der Waals surface area contributed by atoms with Crippen LogP contribution in [0.2, 0.25) is 0 Å². The zero-order valence-corrected chi connectivity index (χ0v) is 11.5. The first-order valence-electron chi connectivity index (χ1n) is 5.04. The Morgan fingerprint density at radius 1 is 1.44 bits per heavy atom. The zero-order valence-electron chi connectivity index (χ0n) is 9.18. The van der Waals surface area contributed by atoms with Crippen LogP contribution in [0.5, 0.6) is 0 Å². The second kappa shape index (κ2) is 6.99. The van der Waals surface area contributed by atoms with E-state index in [1.54, 1.807) is 0 Å². The van der Waals surface area contributed by atoms with E-state index in [4.69, 9.17) is 11.6 Å². The Morgan fingerprint density at radius 2 is 2.11 bits per heavy atom. The van der Waals surface area contributed by atoms with Crippen LogP contribution in [0, 0.1) is 5.82 Å². The molecule has 0 bridgehead atoms. The molecule has 0 N–H and O–H groups in total. The third-order valence-electron chi connectivity index (χ3n) is 2.17. The third kappa shape index (κ3) is 4.17. The maximum atomic E-state index is 13.0. The molecule has 0 aliphatic rings. The predicted molar refractivity (Wildman–Crippen MR) is 66.7 cm³/mol. The first kappa shape index (κ1) is 15.3. The second-order valence-corrected chi connectivity index (χ2v) is 4.69. The predicted octanol–water partition coefficient (Wildman–Crippen LogP) is 3.53. The Kier molecular flexibility index (Phi) is 5.95. The number of hydrogen-bond donors (Lipinski definition) is 0. The average molecular weight is 345 g/mol. The minimum Gasteiger partial charge on any atom is -0.332 e. The van der Waals surface area contributed by atoms with Crippen LogP contribution in [0.15, 0.2) is 22.7 Å². The number of hydrogen-bond acceptors (Lipinski definition) is 1. The van der Waals surface area contributed by atoms with E-state index < -0.39 is 24.7 Å². The van der Waals surface area contributed by atoms with Crippen LogP contribution in [0.3, 0.4) is 0 Å². The Labute approximate surface area is 116 Å². The molecule has 0 heterocycles. The van der Waals surface area contributed by atoms with Gasteiger partial charge in [-0.3, -0.25) is 4.79 Å². The summed E-state index contributed by atoms with van der Waals surface area (Å²) >= 11 is 8.39. The summed E-state index contributed by atoms with van der Waals surface area (Å²) in [4.78, 5) is 12.9. The van der Waals surface area contributed by atoms with Gasteiger partial charge in [-0.05, 0) is 34.1 Å². The summed E-state index contributed by atoms with van der Waals surface area (Å²) in [7, 11) is 0. The van der Waals surface area contributed by atoms with Crippen molar-refractivity contribution < 1.29 is 18.0 Å². The lowest BCUT2D eigenvalue weighted by molar-refractivity contribution is 0.0571. The lowest BCUT2D eigenvalue weighted by Crippen LogP contribution is -2.36. The molecule has 1 aromatic rings. The van der Waals surface area contributed by atoms with E-state index in [1.807, 2.05) is 0 Å². The summed E-state index contributed by atoms with van der Waals surface area (Å²) in [5.41, 5.74) is 0.133. The van der Waals surface area contributed by atoms with Gasteiger partial charge < -0.3 is 4.90 Å². The molecule has 0 aromatic heterocycles. The van der Waals surface area contributed by atoms with Gasteiger partial charge in [-0.15, -0.1) is 11.6 Å². The molecule has 0 saturated carbocycles. The molecule has 0 saturated heterocycles. The van der Waals surface area contributed by atoms with Crippen molar-refractivity contribution in [3.8, 4) is 0 Å². The van der Waals surface area contributed by atoms with E-state index in [0.29, 0.717) is 0 Å². The zero-order chi connectivity index (χ0) is 13.7. The van der Waals surface area contributed by atoms with Crippen molar-refractivity contribution in [3.63, 3.8) is 0 Å². The quantitative estimate of drug-likeness (QED) is 0.748. The van der Waals surface area contributed by atoms with Crippen LogP contribution in [0.1, 0.15) is 10.4 Å². The fourth-order valence-corrected chi connectivity index (χ4v) is 1.94. The van der Waals surface area contributed by atoms with Gasteiger partial charge >= 0.3 is 0 Å². The minimum atomic E-state index is -2.64.